The first-order valence-electron chi connectivity index (χ1n) is 13.5. The van der Waals surface area contributed by atoms with Gasteiger partial charge in [0.15, 0.2) is 0 Å². The predicted octanol–water partition coefficient (Wildman–Crippen LogP) is 1.65. The molecule has 1 aliphatic rings. The van der Waals surface area contributed by atoms with E-state index in [9.17, 15) is 4.79 Å². The zero-order chi connectivity index (χ0) is 27.8. The quantitative estimate of drug-likeness (QED) is 0.193. The number of hydrogen-bond donors (Lipinski definition) is 4. The Bertz CT molecular complexity index is 1160. The molecule has 1 saturated heterocycles. The van der Waals surface area contributed by atoms with Crippen LogP contribution in [0.5, 0.6) is 0 Å². The van der Waals surface area contributed by atoms with Gasteiger partial charge in [-0.1, -0.05) is 42.5 Å². The van der Waals surface area contributed by atoms with E-state index in [4.69, 9.17) is 19.9 Å². The molecular weight excluding hydrogens is 512 g/mol. The van der Waals surface area contributed by atoms with Crippen LogP contribution in [-0.2, 0) is 27.3 Å². The number of amides is 1. The lowest BCUT2D eigenvalue weighted by Gasteiger charge is -2.27. The van der Waals surface area contributed by atoms with Gasteiger partial charge in [0.25, 0.3) is 5.91 Å². The largest absolute Gasteiger partial charge is 0.378 e. The second kappa shape index (κ2) is 16.3. The highest BCUT2D eigenvalue weighted by Gasteiger charge is 2.17. The van der Waals surface area contributed by atoms with Crippen molar-refractivity contribution in [2.75, 3.05) is 81.4 Å². The first kappa shape index (κ1) is 29.2. The minimum absolute atomic E-state index is 0.149. The second-order valence-corrected chi connectivity index (χ2v) is 9.04. The predicted molar refractivity (Wildman–Crippen MR) is 153 cm³/mol. The molecule has 1 aliphatic heterocycles. The Hall–Kier alpha value is -3.84. The van der Waals surface area contributed by atoms with Crippen molar-refractivity contribution in [2.45, 2.75) is 13.1 Å². The molecule has 12 heteroatoms. The zero-order valence-electron chi connectivity index (χ0n) is 22.7. The highest BCUT2D eigenvalue weighted by atomic mass is 16.5. The fourth-order valence-corrected chi connectivity index (χ4v) is 3.90. The van der Waals surface area contributed by atoms with Crippen molar-refractivity contribution in [3.05, 3.63) is 71.3 Å². The fraction of sp³-hybridized carbons (Fsp3) is 0.429. The number of morpholine rings is 1. The number of ether oxygens (including phenoxy) is 3. The molecule has 0 aliphatic carbocycles. The maximum atomic E-state index is 12.4. The third-order valence-electron chi connectivity index (χ3n) is 6.04. The number of benzene rings is 2. The number of carbonyl (C=O) groups excluding carboxylic acids is 1. The number of rotatable bonds is 16. The molecule has 0 unspecified atom stereocenters. The van der Waals surface area contributed by atoms with Crippen LogP contribution in [0.25, 0.3) is 0 Å². The molecule has 40 heavy (non-hydrogen) atoms. The average Bonchev–Trinajstić information content (AvgIpc) is 3.01. The van der Waals surface area contributed by atoms with Crippen LogP contribution in [0.1, 0.15) is 21.5 Å². The Morgan fingerprint density at radius 3 is 2.10 bits per heavy atom. The molecule has 0 atom stereocenters. The van der Waals surface area contributed by atoms with Gasteiger partial charge in [0.1, 0.15) is 0 Å². The molecule has 3 aromatic rings. The number of carbonyl (C=O) groups is 1. The highest BCUT2D eigenvalue weighted by molar-refractivity contribution is 5.94. The molecule has 1 amide bonds. The van der Waals surface area contributed by atoms with Crippen LogP contribution in [-0.4, -0.2) is 86.7 Å². The summed E-state index contributed by atoms with van der Waals surface area (Å²) in [7, 11) is 0. The lowest BCUT2D eigenvalue weighted by atomic mass is 10.1. The standard InChI is InChI=1S/C28H38N8O4/c29-10-14-38-18-19-39-15-11-30-25(37)24-8-6-23(7-9-24)21-32-27-33-26(31-20-22-4-2-1-3-5-22)34-28(35-27)36-12-16-40-17-13-36/h1-9H,10-21,29H2,(H,30,37)(H2,31,32,33,34,35). The Labute approximate surface area is 234 Å². The molecule has 0 spiro atoms. The van der Waals surface area contributed by atoms with Gasteiger partial charge in [0.05, 0.1) is 39.6 Å². The molecular formula is C28H38N8O4. The SMILES string of the molecule is NCCOCCOCCNC(=O)c1ccc(CNc2nc(NCc3ccccc3)nc(N3CCOCC3)n2)cc1. The Balaban J connectivity index is 1.29. The maximum absolute atomic E-state index is 12.4. The van der Waals surface area contributed by atoms with Crippen molar-refractivity contribution in [1.29, 1.82) is 0 Å². The van der Waals surface area contributed by atoms with Gasteiger partial charge < -0.3 is 40.8 Å². The third-order valence-corrected chi connectivity index (χ3v) is 6.04. The Morgan fingerprint density at radius 1 is 0.825 bits per heavy atom. The summed E-state index contributed by atoms with van der Waals surface area (Å²) in [5.74, 6) is 1.43. The molecule has 2 heterocycles. The van der Waals surface area contributed by atoms with Gasteiger partial charge in [0, 0.05) is 44.8 Å². The normalized spacial score (nSPS) is 13.2. The van der Waals surface area contributed by atoms with Crippen molar-refractivity contribution in [2.24, 2.45) is 5.73 Å². The Morgan fingerprint density at radius 2 is 1.45 bits per heavy atom. The first-order valence-corrected chi connectivity index (χ1v) is 13.5. The summed E-state index contributed by atoms with van der Waals surface area (Å²) in [6.45, 7) is 6.62. The molecule has 5 N–H and O–H groups in total. The number of hydrogen-bond acceptors (Lipinski definition) is 11. The van der Waals surface area contributed by atoms with E-state index in [-0.39, 0.29) is 5.91 Å². The summed E-state index contributed by atoms with van der Waals surface area (Å²) < 4.78 is 16.2. The van der Waals surface area contributed by atoms with E-state index in [1.54, 1.807) is 12.1 Å². The van der Waals surface area contributed by atoms with Gasteiger partial charge in [-0.2, -0.15) is 15.0 Å². The molecule has 0 saturated carbocycles. The first-order chi connectivity index (χ1) is 19.7. The third kappa shape index (κ3) is 9.72. The highest BCUT2D eigenvalue weighted by Crippen LogP contribution is 2.17. The molecule has 214 valence electrons. The molecule has 1 fully saturated rings. The maximum Gasteiger partial charge on any atom is 0.251 e. The van der Waals surface area contributed by atoms with Crippen molar-refractivity contribution in [1.82, 2.24) is 20.3 Å². The van der Waals surface area contributed by atoms with Gasteiger partial charge in [-0.05, 0) is 23.3 Å². The van der Waals surface area contributed by atoms with Crippen molar-refractivity contribution >= 4 is 23.8 Å². The van der Waals surface area contributed by atoms with Crippen LogP contribution < -0.4 is 26.6 Å². The van der Waals surface area contributed by atoms with E-state index in [2.05, 4.69) is 47.9 Å². The monoisotopic (exact) mass is 550 g/mol. The Kier molecular flexibility index (Phi) is 11.9. The lowest BCUT2D eigenvalue weighted by molar-refractivity contribution is 0.0511. The van der Waals surface area contributed by atoms with Crippen LogP contribution >= 0.6 is 0 Å². The summed E-state index contributed by atoms with van der Waals surface area (Å²) in [4.78, 5) is 28.4. The molecule has 12 nitrogen and oxygen atoms in total. The number of nitrogens with zero attached hydrogens (tertiary/aromatic N) is 4. The number of nitrogens with two attached hydrogens (primary N) is 1. The molecule has 1 aromatic heterocycles. The minimum atomic E-state index is -0.149. The van der Waals surface area contributed by atoms with Gasteiger partial charge in [-0.15, -0.1) is 0 Å². The lowest BCUT2D eigenvalue weighted by Crippen LogP contribution is -2.37. The van der Waals surface area contributed by atoms with Gasteiger partial charge >= 0.3 is 0 Å². The van der Waals surface area contributed by atoms with Crippen LogP contribution in [0.15, 0.2) is 54.6 Å². The average molecular weight is 551 g/mol. The van der Waals surface area contributed by atoms with E-state index in [0.717, 1.165) is 24.2 Å². The summed E-state index contributed by atoms with van der Waals surface area (Å²) >= 11 is 0. The van der Waals surface area contributed by atoms with Crippen LogP contribution in [0, 0.1) is 0 Å². The number of nitrogens with one attached hydrogen (secondary N) is 3. The fourth-order valence-electron chi connectivity index (χ4n) is 3.90. The van der Waals surface area contributed by atoms with E-state index in [1.807, 2.05) is 30.3 Å². The number of anilines is 3. The van der Waals surface area contributed by atoms with Crippen LogP contribution in [0.4, 0.5) is 17.8 Å². The summed E-state index contributed by atoms with van der Waals surface area (Å²) in [6, 6.07) is 17.5. The smallest absolute Gasteiger partial charge is 0.251 e. The number of aromatic nitrogens is 3. The van der Waals surface area contributed by atoms with Crippen molar-refractivity contribution < 1.29 is 19.0 Å². The summed E-state index contributed by atoms with van der Waals surface area (Å²) in [5, 5.41) is 9.47. The van der Waals surface area contributed by atoms with Crippen molar-refractivity contribution in [3.63, 3.8) is 0 Å². The molecule has 2 aromatic carbocycles. The van der Waals surface area contributed by atoms with E-state index < -0.39 is 0 Å². The van der Waals surface area contributed by atoms with Crippen LogP contribution in [0.2, 0.25) is 0 Å². The second-order valence-electron chi connectivity index (χ2n) is 9.04. The van der Waals surface area contributed by atoms with Gasteiger partial charge in [-0.3, -0.25) is 4.79 Å². The van der Waals surface area contributed by atoms with E-state index in [1.165, 1.54) is 0 Å². The van der Waals surface area contributed by atoms with Crippen molar-refractivity contribution in [3.8, 4) is 0 Å². The van der Waals surface area contributed by atoms with Gasteiger partial charge in [-0.25, -0.2) is 0 Å². The minimum Gasteiger partial charge on any atom is -0.378 e. The molecule has 0 bridgehead atoms. The summed E-state index contributed by atoms with van der Waals surface area (Å²) in [5.41, 5.74) is 8.07. The van der Waals surface area contributed by atoms with Crippen LogP contribution in [0.3, 0.4) is 0 Å². The molecule has 0 radical (unpaired) electrons. The van der Waals surface area contributed by atoms with E-state index in [0.29, 0.717) is 89.2 Å². The van der Waals surface area contributed by atoms with E-state index >= 15 is 0 Å². The topological polar surface area (TPSA) is 149 Å². The summed E-state index contributed by atoms with van der Waals surface area (Å²) in [6.07, 6.45) is 0. The molecule has 4 rings (SSSR count). The zero-order valence-corrected chi connectivity index (χ0v) is 22.7. The van der Waals surface area contributed by atoms with Gasteiger partial charge in [0.2, 0.25) is 17.8 Å².